The number of hydrogen-bond acceptors (Lipinski definition) is 4. The van der Waals surface area contributed by atoms with Gasteiger partial charge in [0.25, 0.3) is 5.91 Å². The quantitative estimate of drug-likeness (QED) is 0.906. The van der Waals surface area contributed by atoms with Crippen molar-refractivity contribution in [2.45, 2.75) is 13.0 Å². The van der Waals surface area contributed by atoms with Crippen molar-refractivity contribution in [1.29, 1.82) is 0 Å². The molecule has 0 fully saturated rings. The van der Waals surface area contributed by atoms with Gasteiger partial charge in [0.2, 0.25) is 5.91 Å². The van der Waals surface area contributed by atoms with Crippen molar-refractivity contribution in [1.82, 2.24) is 15.2 Å². The summed E-state index contributed by atoms with van der Waals surface area (Å²) in [5, 5.41) is 2.84. The average Bonchev–Trinajstić information content (AvgIpc) is 3.01. The summed E-state index contributed by atoms with van der Waals surface area (Å²) in [5.74, 6) is -0.346. The van der Waals surface area contributed by atoms with E-state index in [-0.39, 0.29) is 30.2 Å². The Balaban J connectivity index is 1.88. The molecule has 2 rings (SSSR count). The lowest BCUT2D eigenvalue weighted by Gasteiger charge is -2.18. The van der Waals surface area contributed by atoms with Crippen LogP contribution in [0, 0.1) is 0 Å². The van der Waals surface area contributed by atoms with Gasteiger partial charge in [-0.25, -0.2) is 0 Å². The largest absolute Gasteiger partial charge is 0.459 e. The number of hydrogen-bond donors (Lipinski definition) is 1. The monoisotopic (exact) mass is 287 g/mol. The number of pyridine rings is 1. The Morgan fingerprint density at radius 3 is 2.67 bits per heavy atom. The van der Waals surface area contributed by atoms with Gasteiger partial charge in [-0.1, -0.05) is 0 Å². The summed E-state index contributed by atoms with van der Waals surface area (Å²) in [6, 6.07) is 6.72. The average molecular weight is 287 g/mol. The number of amides is 2. The molecule has 0 aromatic carbocycles. The van der Waals surface area contributed by atoms with E-state index < -0.39 is 0 Å². The fourth-order valence-electron chi connectivity index (χ4n) is 1.90. The summed E-state index contributed by atoms with van der Waals surface area (Å²) in [7, 11) is 1.56. The fraction of sp³-hybridized carbons (Fsp3) is 0.267. The molecule has 2 amide bonds. The third-order valence-corrected chi connectivity index (χ3v) is 3.04. The predicted octanol–water partition coefficient (Wildman–Crippen LogP) is 1.62. The maximum atomic E-state index is 12.0. The zero-order valence-corrected chi connectivity index (χ0v) is 11.9. The van der Waals surface area contributed by atoms with Crippen molar-refractivity contribution in [3.05, 3.63) is 54.2 Å². The van der Waals surface area contributed by atoms with E-state index in [2.05, 4.69) is 10.3 Å². The highest BCUT2D eigenvalue weighted by Gasteiger charge is 2.18. The first-order chi connectivity index (χ1) is 10.1. The van der Waals surface area contributed by atoms with Crippen molar-refractivity contribution in [3.63, 3.8) is 0 Å². The minimum Gasteiger partial charge on any atom is -0.459 e. The van der Waals surface area contributed by atoms with Crippen molar-refractivity contribution in [3.8, 4) is 0 Å². The van der Waals surface area contributed by atoms with Gasteiger partial charge >= 0.3 is 0 Å². The van der Waals surface area contributed by atoms with E-state index in [1.807, 2.05) is 19.1 Å². The first-order valence-electron chi connectivity index (χ1n) is 6.56. The molecule has 6 heteroatoms. The summed E-state index contributed by atoms with van der Waals surface area (Å²) in [6.45, 7) is 1.84. The van der Waals surface area contributed by atoms with Crippen molar-refractivity contribution in [2.75, 3.05) is 13.6 Å². The lowest BCUT2D eigenvalue weighted by Crippen LogP contribution is -2.39. The number of aromatic nitrogens is 1. The minimum atomic E-state index is -0.327. The second-order valence-electron chi connectivity index (χ2n) is 4.71. The van der Waals surface area contributed by atoms with Crippen LogP contribution in [0.4, 0.5) is 0 Å². The molecule has 0 bridgehead atoms. The molecule has 110 valence electrons. The lowest BCUT2D eigenvalue weighted by molar-refractivity contribution is -0.122. The van der Waals surface area contributed by atoms with Gasteiger partial charge in [0.15, 0.2) is 5.76 Å². The van der Waals surface area contributed by atoms with Crippen LogP contribution >= 0.6 is 0 Å². The fourth-order valence-corrected chi connectivity index (χ4v) is 1.90. The Morgan fingerprint density at radius 2 is 2.05 bits per heavy atom. The molecular weight excluding hydrogens is 270 g/mol. The second kappa shape index (κ2) is 6.69. The van der Waals surface area contributed by atoms with E-state index >= 15 is 0 Å². The first-order valence-corrected chi connectivity index (χ1v) is 6.56. The van der Waals surface area contributed by atoms with Gasteiger partial charge in [0.1, 0.15) is 0 Å². The third kappa shape index (κ3) is 3.92. The van der Waals surface area contributed by atoms with E-state index in [4.69, 9.17) is 4.42 Å². The first kappa shape index (κ1) is 14.8. The molecule has 21 heavy (non-hydrogen) atoms. The van der Waals surface area contributed by atoms with Crippen molar-refractivity contribution < 1.29 is 14.0 Å². The molecule has 0 spiro atoms. The van der Waals surface area contributed by atoms with Crippen LogP contribution in [0.2, 0.25) is 0 Å². The zero-order valence-electron chi connectivity index (χ0n) is 11.9. The SMILES string of the molecule is CC(NC(=O)CN(C)C(=O)c1ccco1)c1ccncc1. The summed E-state index contributed by atoms with van der Waals surface area (Å²) in [4.78, 5) is 29.1. The van der Waals surface area contributed by atoms with Crippen LogP contribution in [0.3, 0.4) is 0 Å². The van der Waals surface area contributed by atoms with Gasteiger partial charge in [-0.15, -0.1) is 0 Å². The molecular formula is C15H17N3O3. The predicted molar refractivity (Wildman–Crippen MR) is 76.5 cm³/mol. The summed E-state index contributed by atoms with van der Waals surface area (Å²) in [6.07, 6.45) is 4.77. The van der Waals surface area contributed by atoms with Crippen LogP contribution in [0.15, 0.2) is 47.3 Å². The van der Waals surface area contributed by atoms with Crippen LogP contribution < -0.4 is 5.32 Å². The Kier molecular flexibility index (Phi) is 4.71. The summed E-state index contributed by atoms with van der Waals surface area (Å²) >= 11 is 0. The number of furan rings is 1. The van der Waals surface area contributed by atoms with E-state index in [1.54, 1.807) is 31.6 Å². The molecule has 0 radical (unpaired) electrons. The van der Waals surface area contributed by atoms with Crippen LogP contribution in [0.5, 0.6) is 0 Å². The molecule has 2 aromatic heterocycles. The molecule has 0 saturated carbocycles. The molecule has 0 aliphatic heterocycles. The van der Waals surface area contributed by atoms with E-state index in [0.29, 0.717) is 0 Å². The second-order valence-corrected chi connectivity index (χ2v) is 4.71. The van der Waals surface area contributed by atoms with Gasteiger partial charge in [-0.2, -0.15) is 0 Å². The van der Waals surface area contributed by atoms with Crippen molar-refractivity contribution in [2.24, 2.45) is 0 Å². The molecule has 1 atom stereocenters. The molecule has 1 unspecified atom stereocenters. The van der Waals surface area contributed by atoms with E-state index in [1.165, 1.54) is 11.2 Å². The van der Waals surface area contributed by atoms with Gasteiger partial charge in [0.05, 0.1) is 18.8 Å². The van der Waals surface area contributed by atoms with Gasteiger partial charge in [-0.3, -0.25) is 14.6 Å². The van der Waals surface area contributed by atoms with Crippen molar-refractivity contribution >= 4 is 11.8 Å². The van der Waals surface area contributed by atoms with E-state index in [0.717, 1.165) is 5.56 Å². The van der Waals surface area contributed by atoms with E-state index in [9.17, 15) is 9.59 Å². The molecule has 0 aliphatic rings. The van der Waals surface area contributed by atoms with Crippen LogP contribution in [0.1, 0.15) is 29.1 Å². The Labute approximate surface area is 122 Å². The maximum Gasteiger partial charge on any atom is 0.289 e. The van der Waals surface area contributed by atoms with Crippen LogP contribution in [-0.2, 0) is 4.79 Å². The molecule has 2 heterocycles. The Morgan fingerprint density at radius 1 is 1.33 bits per heavy atom. The lowest BCUT2D eigenvalue weighted by atomic mass is 10.1. The highest BCUT2D eigenvalue weighted by molar-refractivity contribution is 5.94. The Bertz CT molecular complexity index is 596. The molecule has 6 nitrogen and oxygen atoms in total. The number of rotatable bonds is 5. The van der Waals surface area contributed by atoms with Gasteiger partial charge in [0, 0.05) is 19.4 Å². The zero-order chi connectivity index (χ0) is 15.2. The number of carbonyl (C=O) groups excluding carboxylic acids is 2. The van der Waals surface area contributed by atoms with Gasteiger partial charge in [-0.05, 0) is 36.8 Å². The number of nitrogens with one attached hydrogen (secondary N) is 1. The van der Waals surface area contributed by atoms with Crippen LogP contribution in [-0.4, -0.2) is 35.3 Å². The summed E-state index contributed by atoms with van der Waals surface area (Å²) < 4.78 is 5.02. The molecule has 1 N–H and O–H groups in total. The standard InChI is InChI=1S/C15H17N3O3/c1-11(12-5-7-16-8-6-12)17-14(19)10-18(2)15(20)13-4-3-9-21-13/h3-9,11H,10H2,1-2H3,(H,17,19). The summed E-state index contributed by atoms with van der Waals surface area (Å²) in [5.41, 5.74) is 0.957. The molecule has 0 saturated heterocycles. The molecule has 0 aliphatic carbocycles. The minimum absolute atomic E-state index is 0.0328. The highest BCUT2D eigenvalue weighted by atomic mass is 16.3. The highest BCUT2D eigenvalue weighted by Crippen LogP contribution is 2.10. The Hall–Kier alpha value is -2.63. The smallest absolute Gasteiger partial charge is 0.289 e. The third-order valence-electron chi connectivity index (χ3n) is 3.04. The molecule has 2 aromatic rings. The number of carbonyl (C=O) groups is 2. The topological polar surface area (TPSA) is 75.4 Å². The maximum absolute atomic E-state index is 12.0. The van der Waals surface area contributed by atoms with Crippen LogP contribution in [0.25, 0.3) is 0 Å². The number of nitrogens with zero attached hydrogens (tertiary/aromatic N) is 2. The normalized spacial score (nSPS) is 11.7. The van der Waals surface area contributed by atoms with Gasteiger partial charge < -0.3 is 14.6 Å². The number of likely N-dealkylation sites (N-methyl/N-ethyl adjacent to an activating group) is 1.